The number of benzene rings is 2. The molecule has 1 N–H and O–H groups in total. The molecule has 23 heavy (non-hydrogen) atoms. The summed E-state index contributed by atoms with van der Waals surface area (Å²) in [4.78, 5) is 12.2. The third-order valence-electron chi connectivity index (χ3n) is 3.54. The normalized spacial score (nSPS) is 10.9. The number of allylic oxidation sites excluding steroid dienone is 1. The van der Waals surface area contributed by atoms with Crippen molar-refractivity contribution in [2.24, 2.45) is 0 Å². The van der Waals surface area contributed by atoms with Gasteiger partial charge >= 0.3 is 5.97 Å². The molecule has 0 heterocycles. The zero-order valence-corrected chi connectivity index (χ0v) is 13.0. The number of aliphatic hydroxyl groups excluding tert-OH is 1. The van der Waals surface area contributed by atoms with Gasteiger partial charge in [-0.05, 0) is 28.7 Å². The number of alkyl halides is 1. The summed E-state index contributed by atoms with van der Waals surface area (Å²) in [6.07, 6.45) is 3.53. The number of aliphatic hydroxyl groups is 1. The Morgan fingerprint density at radius 2 is 1.96 bits per heavy atom. The van der Waals surface area contributed by atoms with E-state index in [0.717, 1.165) is 22.3 Å². The lowest BCUT2D eigenvalue weighted by Crippen LogP contribution is -2.09. The van der Waals surface area contributed by atoms with Crippen molar-refractivity contribution >= 4 is 12.0 Å². The van der Waals surface area contributed by atoms with Crippen LogP contribution in [0.2, 0.25) is 0 Å². The van der Waals surface area contributed by atoms with Gasteiger partial charge in [0.05, 0.1) is 12.7 Å². The molecule has 0 fully saturated rings. The van der Waals surface area contributed by atoms with E-state index >= 15 is 0 Å². The van der Waals surface area contributed by atoms with Crippen molar-refractivity contribution in [2.75, 3.05) is 20.4 Å². The molecule has 2 aromatic carbocycles. The van der Waals surface area contributed by atoms with Crippen molar-refractivity contribution < 1.29 is 19.0 Å². The lowest BCUT2D eigenvalue weighted by atomic mass is 9.93. The van der Waals surface area contributed by atoms with E-state index in [4.69, 9.17) is 4.74 Å². The van der Waals surface area contributed by atoms with Gasteiger partial charge in [0.15, 0.2) is 0 Å². The molecule has 120 valence electrons. The average Bonchev–Trinajstić information content (AvgIpc) is 2.60. The van der Waals surface area contributed by atoms with Gasteiger partial charge in [-0.15, -0.1) is 0 Å². The first-order valence-electron chi connectivity index (χ1n) is 7.35. The second-order valence-electron chi connectivity index (χ2n) is 4.98. The Kier molecular flexibility index (Phi) is 6.06. The van der Waals surface area contributed by atoms with Crippen LogP contribution in [0, 0.1) is 0 Å². The molecule has 0 unspecified atom stereocenters. The summed E-state index contributed by atoms with van der Waals surface area (Å²) in [5.74, 6) is -0.426. The summed E-state index contributed by atoms with van der Waals surface area (Å²) in [5, 5.41) is 9.19. The number of hydrogen-bond acceptors (Lipinski definition) is 3. The minimum atomic E-state index is -0.503. The molecule has 4 heteroatoms. The van der Waals surface area contributed by atoms with Crippen LogP contribution in [0.5, 0.6) is 0 Å². The van der Waals surface area contributed by atoms with E-state index in [1.807, 2.05) is 42.5 Å². The van der Waals surface area contributed by atoms with Crippen molar-refractivity contribution in [1.82, 2.24) is 0 Å². The number of methoxy groups -OCH3 is 1. The second-order valence-corrected chi connectivity index (χ2v) is 4.98. The molecule has 2 aromatic rings. The van der Waals surface area contributed by atoms with E-state index in [9.17, 15) is 14.3 Å². The Balaban J connectivity index is 2.47. The van der Waals surface area contributed by atoms with Gasteiger partial charge in [-0.25, -0.2) is 9.18 Å². The van der Waals surface area contributed by atoms with Crippen molar-refractivity contribution in [3.8, 4) is 11.1 Å². The fourth-order valence-corrected chi connectivity index (χ4v) is 2.47. The summed E-state index contributed by atoms with van der Waals surface area (Å²) in [6.45, 7) is -0.544. The van der Waals surface area contributed by atoms with Crippen LogP contribution in [0.15, 0.2) is 48.5 Å². The smallest absolute Gasteiger partial charge is 0.338 e. The molecule has 0 amide bonds. The second kappa shape index (κ2) is 8.25. The number of hydrogen-bond donors (Lipinski definition) is 1. The number of halogens is 1. The molecule has 2 rings (SSSR count). The standard InChI is InChI=1S/C19H19FO3/c1-23-19(22)18-16(11-13-21)5-2-6-17(18)15-9-7-14(8-10-15)4-3-12-20/h2-10,21H,11-13H2,1H3/b4-3-. The first-order chi connectivity index (χ1) is 11.2. The molecule has 0 atom stereocenters. The lowest BCUT2D eigenvalue weighted by Gasteiger charge is -2.13. The topological polar surface area (TPSA) is 46.5 Å². The van der Waals surface area contributed by atoms with Crippen LogP contribution in [0.4, 0.5) is 4.39 Å². The third kappa shape index (κ3) is 4.05. The van der Waals surface area contributed by atoms with Gasteiger partial charge < -0.3 is 9.84 Å². The van der Waals surface area contributed by atoms with Crippen molar-refractivity contribution in [1.29, 1.82) is 0 Å². The van der Waals surface area contributed by atoms with E-state index in [1.165, 1.54) is 13.2 Å². The molecule has 0 saturated carbocycles. The zero-order chi connectivity index (χ0) is 16.7. The predicted molar refractivity (Wildman–Crippen MR) is 89.0 cm³/mol. The fraction of sp³-hybridized carbons (Fsp3) is 0.211. The molecule has 3 nitrogen and oxygen atoms in total. The summed E-state index contributed by atoms with van der Waals surface area (Å²) in [5.41, 5.74) is 3.72. The Hall–Kier alpha value is -2.46. The van der Waals surface area contributed by atoms with Gasteiger partial charge in [-0.1, -0.05) is 54.6 Å². The maximum absolute atomic E-state index is 12.2. The SMILES string of the molecule is COC(=O)c1c(CCO)cccc1-c1ccc(/C=C\CF)cc1. The molecule has 0 bridgehead atoms. The van der Waals surface area contributed by atoms with Gasteiger partial charge in [-0.3, -0.25) is 0 Å². The molecule has 0 aliphatic rings. The number of ether oxygens (including phenoxy) is 1. The minimum Gasteiger partial charge on any atom is -0.465 e. The molecule has 0 spiro atoms. The minimum absolute atomic E-state index is 0.0413. The molecule has 0 radical (unpaired) electrons. The molecule has 0 aliphatic heterocycles. The van der Waals surface area contributed by atoms with Crippen LogP contribution < -0.4 is 0 Å². The van der Waals surface area contributed by atoms with Crippen LogP contribution in [0.25, 0.3) is 17.2 Å². The fourth-order valence-electron chi connectivity index (χ4n) is 2.47. The van der Waals surface area contributed by atoms with Crippen molar-refractivity contribution in [3.63, 3.8) is 0 Å². The van der Waals surface area contributed by atoms with E-state index in [-0.39, 0.29) is 6.61 Å². The van der Waals surface area contributed by atoms with Gasteiger partial charge in [0.25, 0.3) is 0 Å². The van der Waals surface area contributed by atoms with E-state index in [1.54, 1.807) is 6.08 Å². The maximum atomic E-state index is 12.2. The highest BCUT2D eigenvalue weighted by atomic mass is 19.1. The van der Waals surface area contributed by atoms with Crippen molar-refractivity contribution in [2.45, 2.75) is 6.42 Å². The van der Waals surface area contributed by atoms with Crippen LogP contribution >= 0.6 is 0 Å². The van der Waals surface area contributed by atoms with Gasteiger partial charge in [0.2, 0.25) is 0 Å². The average molecular weight is 314 g/mol. The largest absolute Gasteiger partial charge is 0.465 e. The predicted octanol–water partition coefficient (Wildman–Crippen LogP) is 3.66. The molecule has 0 saturated heterocycles. The highest BCUT2D eigenvalue weighted by Gasteiger charge is 2.17. The van der Waals surface area contributed by atoms with Crippen LogP contribution in [-0.4, -0.2) is 31.5 Å². The monoisotopic (exact) mass is 314 g/mol. The summed E-state index contributed by atoms with van der Waals surface area (Å²) < 4.78 is 17.1. The van der Waals surface area contributed by atoms with Crippen molar-refractivity contribution in [3.05, 3.63) is 65.2 Å². The molecule has 0 aromatic heterocycles. The third-order valence-corrected chi connectivity index (χ3v) is 3.54. The van der Waals surface area contributed by atoms with E-state index < -0.39 is 12.6 Å². The van der Waals surface area contributed by atoms with Crippen LogP contribution in [0.3, 0.4) is 0 Å². The highest BCUT2D eigenvalue weighted by molar-refractivity contribution is 5.98. The Labute approximate surface area is 135 Å². The number of esters is 1. The molecular formula is C19H19FO3. The molecular weight excluding hydrogens is 295 g/mol. The van der Waals surface area contributed by atoms with E-state index in [0.29, 0.717) is 12.0 Å². The Morgan fingerprint density at radius 1 is 1.22 bits per heavy atom. The number of carbonyl (C=O) groups is 1. The lowest BCUT2D eigenvalue weighted by molar-refractivity contribution is 0.0600. The summed E-state index contributed by atoms with van der Waals surface area (Å²) >= 11 is 0. The number of carbonyl (C=O) groups excluding carboxylic acids is 1. The first kappa shape index (κ1) is 16.9. The summed E-state index contributed by atoms with van der Waals surface area (Å²) in [7, 11) is 1.34. The quantitative estimate of drug-likeness (QED) is 0.828. The Bertz CT molecular complexity index is 690. The highest BCUT2D eigenvalue weighted by Crippen LogP contribution is 2.28. The van der Waals surface area contributed by atoms with Crippen LogP contribution in [-0.2, 0) is 11.2 Å². The maximum Gasteiger partial charge on any atom is 0.338 e. The van der Waals surface area contributed by atoms with Crippen LogP contribution in [0.1, 0.15) is 21.5 Å². The van der Waals surface area contributed by atoms with E-state index in [2.05, 4.69) is 0 Å². The van der Waals surface area contributed by atoms with Gasteiger partial charge in [0.1, 0.15) is 6.67 Å². The molecule has 0 aliphatic carbocycles. The first-order valence-corrected chi connectivity index (χ1v) is 7.35. The van der Waals surface area contributed by atoms with Gasteiger partial charge in [-0.2, -0.15) is 0 Å². The van der Waals surface area contributed by atoms with Gasteiger partial charge in [0, 0.05) is 6.61 Å². The zero-order valence-electron chi connectivity index (χ0n) is 13.0. The Morgan fingerprint density at radius 3 is 2.57 bits per heavy atom. The number of rotatable bonds is 6. The summed E-state index contributed by atoms with van der Waals surface area (Å²) in [6, 6.07) is 13.0.